The molecule has 2 aliphatic carbocycles. The Labute approximate surface area is 212 Å². The van der Waals surface area contributed by atoms with E-state index in [1.807, 2.05) is 0 Å². The monoisotopic (exact) mass is 494 g/mol. The van der Waals surface area contributed by atoms with E-state index in [9.17, 15) is 19.7 Å². The van der Waals surface area contributed by atoms with Crippen molar-refractivity contribution in [1.82, 2.24) is 15.3 Å². The second-order valence-corrected chi connectivity index (χ2v) is 11.2. The van der Waals surface area contributed by atoms with E-state index in [-0.39, 0.29) is 47.1 Å². The Kier molecular flexibility index (Phi) is 8.21. The summed E-state index contributed by atoms with van der Waals surface area (Å²) >= 11 is 0. The van der Waals surface area contributed by atoms with E-state index in [4.69, 9.17) is 0 Å². The number of rotatable bonds is 10. The topological polar surface area (TPSA) is 118 Å². The summed E-state index contributed by atoms with van der Waals surface area (Å²) in [5.41, 5.74) is 1.75. The first-order valence-electron chi connectivity index (χ1n) is 13.3. The van der Waals surface area contributed by atoms with Gasteiger partial charge in [0.1, 0.15) is 11.6 Å². The Balaban J connectivity index is 1.28. The van der Waals surface area contributed by atoms with E-state index in [0.717, 1.165) is 37.8 Å². The number of nitro groups is 1. The zero-order chi connectivity index (χ0) is 25.7. The van der Waals surface area contributed by atoms with Gasteiger partial charge < -0.3 is 10.3 Å². The zero-order valence-corrected chi connectivity index (χ0v) is 21.4. The summed E-state index contributed by atoms with van der Waals surface area (Å²) in [6, 6.07) is 6.69. The molecule has 2 fully saturated rings. The average molecular weight is 495 g/mol. The summed E-state index contributed by atoms with van der Waals surface area (Å²) in [7, 11) is 0. The zero-order valence-electron chi connectivity index (χ0n) is 21.4. The van der Waals surface area contributed by atoms with Crippen molar-refractivity contribution >= 4 is 17.4 Å². The fourth-order valence-corrected chi connectivity index (χ4v) is 6.03. The summed E-state index contributed by atoms with van der Waals surface area (Å²) in [6.07, 6.45) is 11.8. The molecule has 2 atom stereocenters. The number of benzene rings is 1. The second-order valence-electron chi connectivity index (χ2n) is 11.2. The summed E-state index contributed by atoms with van der Waals surface area (Å²) in [6.45, 7) is 4.42. The number of nitrogens with zero attached hydrogens (tertiary/aromatic N) is 2. The second kappa shape index (κ2) is 11.4. The lowest BCUT2D eigenvalue weighted by Gasteiger charge is -2.51. The van der Waals surface area contributed by atoms with E-state index >= 15 is 0 Å². The van der Waals surface area contributed by atoms with Gasteiger partial charge in [-0.3, -0.25) is 19.7 Å². The highest BCUT2D eigenvalue weighted by Crippen LogP contribution is 2.53. The van der Waals surface area contributed by atoms with Gasteiger partial charge in [0.15, 0.2) is 0 Å². The molecular weight excluding hydrogens is 456 g/mol. The van der Waals surface area contributed by atoms with Gasteiger partial charge in [-0.25, -0.2) is 4.98 Å². The first-order chi connectivity index (χ1) is 17.2. The normalized spacial score (nSPS) is 21.8. The maximum absolute atomic E-state index is 13.0. The van der Waals surface area contributed by atoms with Crippen LogP contribution in [0.5, 0.6) is 0 Å². The largest absolute Gasteiger partial charge is 0.353 e. The molecule has 0 saturated heterocycles. The molecule has 0 unspecified atom stereocenters. The molecular formula is C28H38N4O4. The van der Waals surface area contributed by atoms with Gasteiger partial charge in [0, 0.05) is 54.4 Å². The number of nitrogens with one attached hydrogen (secondary N) is 2. The molecule has 4 rings (SSSR count). The van der Waals surface area contributed by atoms with Crippen molar-refractivity contribution in [3.63, 3.8) is 0 Å². The third-order valence-electron chi connectivity index (χ3n) is 8.15. The van der Waals surface area contributed by atoms with Crippen LogP contribution in [-0.4, -0.2) is 32.6 Å². The van der Waals surface area contributed by atoms with Crippen LogP contribution in [0.4, 0.5) is 5.69 Å². The van der Waals surface area contributed by atoms with E-state index in [2.05, 4.69) is 29.1 Å². The number of hydrogen-bond acceptors (Lipinski definition) is 5. The number of hydrogen-bond donors (Lipinski definition) is 2. The van der Waals surface area contributed by atoms with Crippen molar-refractivity contribution in [2.45, 2.75) is 90.5 Å². The number of amides is 1. The molecule has 1 amide bonds. The number of nitro benzene ring substituents is 1. The number of H-pyrrole nitrogens is 1. The van der Waals surface area contributed by atoms with Crippen LogP contribution in [0.15, 0.2) is 30.5 Å². The highest BCUT2D eigenvalue weighted by Gasteiger charge is 2.49. The van der Waals surface area contributed by atoms with E-state index < -0.39 is 4.92 Å². The number of ketones is 1. The summed E-state index contributed by atoms with van der Waals surface area (Å²) < 4.78 is 0. The molecule has 1 aromatic carbocycles. The van der Waals surface area contributed by atoms with Crippen LogP contribution in [0.2, 0.25) is 0 Å². The molecule has 1 heterocycles. The SMILES string of the molecule is CC1(C)C[C@H](C(=O)CCC(=O)NC2CCCCCC2)[C@H]1CCc1cnc(-c2cccc([N+](=O)[O-])c2)[nH]1. The van der Waals surface area contributed by atoms with Crippen molar-refractivity contribution < 1.29 is 14.5 Å². The van der Waals surface area contributed by atoms with Crippen molar-refractivity contribution in [2.75, 3.05) is 0 Å². The van der Waals surface area contributed by atoms with Crippen LogP contribution in [0.3, 0.4) is 0 Å². The lowest BCUT2D eigenvalue weighted by atomic mass is 9.53. The van der Waals surface area contributed by atoms with Gasteiger partial charge in [-0.05, 0) is 43.4 Å². The minimum Gasteiger partial charge on any atom is -0.353 e. The molecule has 0 aliphatic heterocycles. The first-order valence-corrected chi connectivity index (χ1v) is 13.3. The Morgan fingerprint density at radius 2 is 1.92 bits per heavy atom. The highest BCUT2D eigenvalue weighted by atomic mass is 16.6. The molecule has 1 aromatic heterocycles. The van der Waals surface area contributed by atoms with Gasteiger partial charge >= 0.3 is 0 Å². The molecule has 36 heavy (non-hydrogen) atoms. The molecule has 0 spiro atoms. The van der Waals surface area contributed by atoms with Crippen molar-refractivity contribution in [1.29, 1.82) is 0 Å². The Morgan fingerprint density at radius 1 is 1.17 bits per heavy atom. The standard InChI is InChI=1S/C28H38N4O4/c1-28(2)17-23(25(33)14-15-26(34)30-20-9-5-3-4-6-10-20)24(28)13-12-21-18-29-27(31-21)19-8-7-11-22(16-19)32(35)36/h7-8,11,16,18,20,23-24H,3-6,9-10,12-15,17H2,1-2H3,(H,29,31)(H,30,34)/t23-,24+/m0/s1. The fourth-order valence-electron chi connectivity index (χ4n) is 6.03. The van der Waals surface area contributed by atoms with Crippen LogP contribution in [0.1, 0.15) is 83.7 Å². The van der Waals surface area contributed by atoms with Crippen molar-refractivity contribution in [3.05, 3.63) is 46.3 Å². The number of aromatic nitrogens is 2. The molecule has 2 N–H and O–H groups in total. The molecule has 0 radical (unpaired) electrons. The molecule has 194 valence electrons. The van der Waals surface area contributed by atoms with Gasteiger partial charge in [-0.1, -0.05) is 51.7 Å². The predicted molar refractivity (Wildman–Crippen MR) is 138 cm³/mol. The maximum Gasteiger partial charge on any atom is 0.270 e. The van der Waals surface area contributed by atoms with E-state index in [0.29, 0.717) is 17.8 Å². The number of non-ortho nitro benzene ring substituents is 1. The molecule has 2 saturated carbocycles. The summed E-state index contributed by atoms with van der Waals surface area (Å²) in [4.78, 5) is 43.8. The molecule has 2 aromatic rings. The molecule has 2 aliphatic rings. The number of carbonyl (C=O) groups excluding carboxylic acids is 2. The molecule has 0 bridgehead atoms. The molecule has 8 heteroatoms. The highest BCUT2D eigenvalue weighted by molar-refractivity contribution is 5.87. The van der Waals surface area contributed by atoms with Crippen LogP contribution >= 0.6 is 0 Å². The Hall–Kier alpha value is -3.03. The Morgan fingerprint density at radius 3 is 2.61 bits per heavy atom. The number of carbonyl (C=O) groups is 2. The third kappa shape index (κ3) is 6.39. The number of aromatic amines is 1. The van der Waals surface area contributed by atoms with Gasteiger partial charge in [0.05, 0.1) is 4.92 Å². The lowest BCUT2D eigenvalue weighted by molar-refractivity contribution is -0.384. The summed E-state index contributed by atoms with van der Waals surface area (Å²) in [5, 5.41) is 14.2. The Bertz CT molecular complexity index is 1080. The lowest BCUT2D eigenvalue weighted by Crippen LogP contribution is -2.48. The van der Waals surface area contributed by atoms with Gasteiger partial charge in [0.25, 0.3) is 5.69 Å². The summed E-state index contributed by atoms with van der Waals surface area (Å²) in [5.74, 6) is 1.09. The fraction of sp³-hybridized carbons (Fsp3) is 0.607. The van der Waals surface area contributed by atoms with Gasteiger partial charge in [0.2, 0.25) is 5.91 Å². The van der Waals surface area contributed by atoms with Gasteiger partial charge in [-0.15, -0.1) is 0 Å². The smallest absolute Gasteiger partial charge is 0.270 e. The van der Waals surface area contributed by atoms with Crippen LogP contribution in [0.25, 0.3) is 11.4 Å². The molecule has 8 nitrogen and oxygen atoms in total. The van der Waals surface area contributed by atoms with E-state index in [1.165, 1.54) is 37.8 Å². The predicted octanol–water partition coefficient (Wildman–Crippen LogP) is 5.77. The average Bonchev–Trinajstić information content (AvgIpc) is 3.17. The third-order valence-corrected chi connectivity index (χ3v) is 8.15. The number of imidazole rings is 1. The van der Waals surface area contributed by atoms with E-state index in [1.54, 1.807) is 18.3 Å². The van der Waals surface area contributed by atoms with Crippen molar-refractivity contribution in [3.8, 4) is 11.4 Å². The number of aryl methyl sites for hydroxylation is 1. The maximum atomic E-state index is 13.0. The minimum absolute atomic E-state index is 0.00449. The first kappa shape index (κ1) is 26.0. The van der Waals surface area contributed by atoms with Crippen molar-refractivity contribution in [2.24, 2.45) is 17.3 Å². The minimum atomic E-state index is -0.413. The number of Topliss-reactive ketones (excluding diaryl/α,β-unsaturated/α-hetero) is 1. The van der Waals surface area contributed by atoms with Gasteiger partial charge in [-0.2, -0.15) is 0 Å². The van der Waals surface area contributed by atoms with Crippen LogP contribution < -0.4 is 5.32 Å². The van der Waals surface area contributed by atoms with Crippen LogP contribution in [0, 0.1) is 27.4 Å². The quantitative estimate of drug-likeness (QED) is 0.247. The van der Waals surface area contributed by atoms with Crippen LogP contribution in [-0.2, 0) is 16.0 Å².